The quantitative estimate of drug-likeness (QED) is 0.805. The smallest absolute Gasteiger partial charge is 0.149 e. The molecule has 0 aromatic carbocycles. The van der Waals surface area contributed by atoms with E-state index in [1.165, 1.54) is 12.3 Å². The molecular weight excluding hydrogens is 274 g/mol. The summed E-state index contributed by atoms with van der Waals surface area (Å²) >= 11 is 0. The topological polar surface area (TPSA) is 28.1 Å². The number of nitrogens with one attached hydrogen (secondary N) is 1. The van der Waals surface area contributed by atoms with Crippen molar-refractivity contribution in [3.05, 3.63) is 23.8 Å². The maximum atomic E-state index is 12.7. The third-order valence-corrected chi connectivity index (χ3v) is 1.23. The van der Waals surface area contributed by atoms with Gasteiger partial charge in [0.2, 0.25) is 0 Å². The van der Waals surface area contributed by atoms with Gasteiger partial charge in [-0.05, 0) is 19.9 Å². The van der Waals surface area contributed by atoms with Crippen LogP contribution in [-0.4, -0.2) is 17.2 Å². The number of hydrogen-bond donors (Lipinski definition) is 1. The molecule has 1 aromatic rings. The van der Waals surface area contributed by atoms with Gasteiger partial charge in [-0.25, -0.2) is 4.39 Å². The van der Waals surface area contributed by atoms with Crippen LogP contribution < -0.4 is 0 Å². The van der Waals surface area contributed by atoms with Crippen molar-refractivity contribution in [2.45, 2.75) is 19.9 Å². The van der Waals surface area contributed by atoms with Crippen LogP contribution in [0.2, 0.25) is 0 Å². The van der Waals surface area contributed by atoms with Crippen molar-refractivity contribution in [3.8, 4) is 0 Å². The van der Waals surface area contributed by atoms with E-state index in [-0.39, 0.29) is 60.7 Å². The van der Waals surface area contributed by atoms with Gasteiger partial charge in [-0.1, -0.05) is 0 Å². The van der Waals surface area contributed by atoms with Crippen LogP contribution >= 0.6 is 0 Å². The van der Waals surface area contributed by atoms with Gasteiger partial charge in [-0.2, -0.15) is 0 Å². The van der Waals surface area contributed by atoms with E-state index in [9.17, 15) is 4.39 Å². The Morgan fingerprint density at radius 2 is 2.25 bits per heavy atom. The number of hydrogen-bond acceptors (Lipinski definition) is 1. The molecule has 2 nitrogen and oxygen atoms in total. The van der Waals surface area contributed by atoms with Crippen molar-refractivity contribution in [3.63, 3.8) is 0 Å². The molecule has 0 aliphatic carbocycles. The van der Waals surface area contributed by atoms with Gasteiger partial charge >= 0.3 is 0 Å². The Kier molecular flexibility index (Phi) is 6.21. The average Bonchev–Trinajstić information content (AvgIpc) is 2.31. The standard InChI is InChI=1S/C8H11FN2.Xe/c1-6(2)11-5-8-7(9)3-4-10-8;/h3-6,10H,1-2H3;. The Bertz CT molecular complexity index is 255. The third-order valence-electron chi connectivity index (χ3n) is 1.23. The van der Waals surface area contributed by atoms with Crippen molar-refractivity contribution in [2.24, 2.45) is 4.99 Å². The first-order chi connectivity index (χ1) is 5.20. The van der Waals surface area contributed by atoms with Crippen LogP contribution in [0.15, 0.2) is 17.3 Å². The number of rotatable bonds is 2. The summed E-state index contributed by atoms with van der Waals surface area (Å²) in [5, 5.41) is 0. The SMILES string of the molecule is CC(C)N=Cc1[nH]ccc1F.[Xe]. The zero-order chi connectivity index (χ0) is 8.27. The van der Waals surface area contributed by atoms with Crippen LogP contribution in [0.5, 0.6) is 0 Å². The van der Waals surface area contributed by atoms with Crippen LogP contribution in [0.1, 0.15) is 19.5 Å². The van der Waals surface area contributed by atoms with Crippen molar-refractivity contribution in [2.75, 3.05) is 0 Å². The zero-order valence-electron chi connectivity index (χ0n) is 6.99. The summed E-state index contributed by atoms with van der Waals surface area (Å²) in [6.45, 7) is 3.88. The molecule has 68 valence electrons. The molecule has 0 bridgehead atoms. The van der Waals surface area contributed by atoms with Crippen LogP contribution in [0.3, 0.4) is 0 Å². The molecule has 0 fully saturated rings. The Labute approximate surface area is 112 Å². The molecule has 0 spiro atoms. The molecule has 0 radical (unpaired) electrons. The fourth-order valence-corrected chi connectivity index (χ4v) is 0.686. The minimum Gasteiger partial charge on any atom is -0.358 e. The summed E-state index contributed by atoms with van der Waals surface area (Å²) in [7, 11) is 0. The molecule has 1 aromatic heterocycles. The predicted octanol–water partition coefficient (Wildman–Crippen LogP) is 1.98. The van der Waals surface area contributed by atoms with Crippen molar-refractivity contribution in [1.29, 1.82) is 0 Å². The maximum Gasteiger partial charge on any atom is 0.149 e. The first-order valence-corrected chi connectivity index (χ1v) is 3.56. The molecule has 0 atom stereocenters. The van der Waals surface area contributed by atoms with Crippen LogP contribution in [0.4, 0.5) is 4.39 Å². The minimum absolute atomic E-state index is 0. The van der Waals surface area contributed by atoms with Gasteiger partial charge in [0.15, 0.2) is 0 Å². The number of aliphatic imine (C=N–C) groups is 1. The largest absolute Gasteiger partial charge is 0.358 e. The van der Waals surface area contributed by atoms with Crippen molar-refractivity contribution >= 4 is 6.21 Å². The van der Waals surface area contributed by atoms with E-state index in [1.54, 1.807) is 6.20 Å². The average molecular weight is 285 g/mol. The zero-order valence-corrected chi connectivity index (χ0v) is 9.01. The molecule has 1 rings (SSSR count). The van der Waals surface area contributed by atoms with Crippen LogP contribution in [0.25, 0.3) is 0 Å². The normalized spacial score (nSPS) is 10.7. The minimum atomic E-state index is -0.255. The second-order valence-electron chi connectivity index (χ2n) is 2.61. The molecule has 0 saturated carbocycles. The number of nitrogens with zero attached hydrogens (tertiary/aromatic N) is 1. The summed E-state index contributed by atoms with van der Waals surface area (Å²) in [6, 6.07) is 1.58. The first kappa shape index (κ1) is 12.5. The fraction of sp³-hybridized carbons (Fsp3) is 0.375. The van der Waals surface area contributed by atoms with Gasteiger partial charge in [0, 0.05) is 67.3 Å². The molecule has 12 heavy (non-hydrogen) atoms. The Hall–Kier alpha value is 0.451. The van der Waals surface area contributed by atoms with Crippen molar-refractivity contribution in [1.82, 2.24) is 4.98 Å². The molecule has 0 aliphatic heterocycles. The second-order valence-corrected chi connectivity index (χ2v) is 2.61. The summed E-state index contributed by atoms with van der Waals surface area (Å²) < 4.78 is 12.7. The fourth-order valence-electron chi connectivity index (χ4n) is 0.686. The number of H-pyrrole nitrogens is 1. The van der Waals surface area contributed by atoms with Crippen molar-refractivity contribution < 1.29 is 53.3 Å². The number of aromatic amines is 1. The van der Waals surface area contributed by atoms with Gasteiger partial charge in [-0.15, -0.1) is 0 Å². The molecule has 0 amide bonds. The second kappa shape index (κ2) is 5.99. The van der Waals surface area contributed by atoms with Crippen LogP contribution in [0, 0.1) is 54.7 Å². The molecule has 1 heterocycles. The van der Waals surface area contributed by atoms with Gasteiger partial charge in [0.1, 0.15) is 5.82 Å². The van der Waals surface area contributed by atoms with E-state index in [0.29, 0.717) is 5.69 Å². The molecule has 0 saturated heterocycles. The molecule has 0 aliphatic rings. The van der Waals surface area contributed by atoms with Crippen LogP contribution in [-0.2, 0) is 0 Å². The Morgan fingerprint density at radius 1 is 1.58 bits per heavy atom. The van der Waals surface area contributed by atoms with E-state index < -0.39 is 0 Å². The van der Waals surface area contributed by atoms with E-state index in [2.05, 4.69) is 9.98 Å². The molecule has 4 heteroatoms. The summed E-state index contributed by atoms with van der Waals surface area (Å²) in [6.07, 6.45) is 3.07. The summed E-state index contributed by atoms with van der Waals surface area (Å²) in [5.41, 5.74) is 0.443. The number of halogens is 1. The van der Waals surface area contributed by atoms with Gasteiger partial charge in [0.25, 0.3) is 0 Å². The summed E-state index contributed by atoms with van der Waals surface area (Å²) in [5.74, 6) is -0.255. The molecular formula is C8H11FN2Xe. The monoisotopic (exact) mass is 286 g/mol. The Balaban J connectivity index is 0.00000121. The van der Waals surface area contributed by atoms with E-state index in [0.717, 1.165) is 0 Å². The summed E-state index contributed by atoms with van der Waals surface area (Å²) in [4.78, 5) is 6.77. The predicted molar refractivity (Wildman–Crippen MR) is 43.5 cm³/mol. The van der Waals surface area contributed by atoms with Gasteiger partial charge in [0.05, 0.1) is 5.69 Å². The Morgan fingerprint density at radius 3 is 2.67 bits per heavy atom. The van der Waals surface area contributed by atoms with E-state index in [1.807, 2.05) is 13.8 Å². The van der Waals surface area contributed by atoms with E-state index >= 15 is 0 Å². The maximum absolute atomic E-state index is 12.7. The number of aromatic nitrogens is 1. The van der Waals surface area contributed by atoms with E-state index in [4.69, 9.17) is 0 Å². The first-order valence-electron chi connectivity index (χ1n) is 3.56. The molecule has 0 unspecified atom stereocenters. The van der Waals surface area contributed by atoms with Gasteiger partial charge < -0.3 is 4.98 Å². The third kappa shape index (κ3) is 3.91. The van der Waals surface area contributed by atoms with Gasteiger partial charge in [-0.3, -0.25) is 4.99 Å². The molecule has 1 N–H and O–H groups in total.